The zero-order valence-electron chi connectivity index (χ0n) is 16.3. The molecular weight excluding hydrogens is 386 g/mol. The predicted octanol–water partition coefficient (Wildman–Crippen LogP) is 2.66. The molecule has 1 unspecified atom stereocenters. The summed E-state index contributed by atoms with van der Waals surface area (Å²) in [5, 5.41) is 0. The van der Waals surface area contributed by atoms with Crippen molar-refractivity contribution in [2.75, 3.05) is 25.2 Å². The van der Waals surface area contributed by atoms with E-state index in [0.717, 1.165) is 28.3 Å². The molecule has 3 aromatic rings. The largest absolute Gasteiger partial charge is 0.497 e. The fourth-order valence-corrected chi connectivity index (χ4v) is 5.64. The summed E-state index contributed by atoms with van der Waals surface area (Å²) in [4.78, 5) is 6.88. The van der Waals surface area contributed by atoms with Crippen LogP contribution in [0.25, 0.3) is 16.7 Å². The Labute approximate surface area is 171 Å². The van der Waals surface area contributed by atoms with Gasteiger partial charge in [0.1, 0.15) is 11.6 Å². The molecule has 0 spiro atoms. The molecule has 0 amide bonds. The minimum Gasteiger partial charge on any atom is -0.497 e. The van der Waals surface area contributed by atoms with Gasteiger partial charge < -0.3 is 4.74 Å². The van der Waals surface area contributed by atoms with Crippen LogP contribution in [-0.4, -0.2) is 54.1 Å². The maximum atomic E-state index is 12.0. The van der Waals surface area contributed by atoms with Gasteiger partial charge in [0.2, 0.25) is 0 Å². The number of para-hydroxylation sites is 2. The van der Waals surface area contributed by atoms with Crippen LogP contribution in [0.15, 0.2) is 48.5 Å². The summed E-state index contributed by atoms with van der Waals surface area (Å²) >= 11 is 0. The molecule has 6 nitrogen and oxygen atoms in total. The van der Waals surface area contributed by atoms with Crippen LogP contribution in [-0.2, 0) is 16.4 Å². The van der Waals surface area contributed by atoms with Gasteiger partial charge in [0.15, 0.2) is 9.84 Å². The lowest BCUT2D eigenvalue weighted by molar-refractivity contribution is 0.224. The van der Waals surface area contributed by atoms with Gasteiger partial charge >= 0.3 is 0 Å². The molecule has 1 aliphatic rings. The van der Waals surface area contributed by atoms with Crippen molar-refractivity contribution in [3.63, 3.8) is 0 Å². The molecule has 0 bridgehead atoms. The van der Waals surface area contributed by atoms with Gasteiger partial charge in [-0.1, -0.05) is 18.1 Å². The van der Waals surface area contributed by atoms with Gasteiger partial charge in [0.25, 0.3) is 0 Å². The zero-order chi connectivity index (χ0) is 20.4. The van der Waals surface area contributed by atoms with E-state index in [1.807, 2.05) is 53.4 Å². The maximum Gasteiger partial charge on any atom is 0.151 e. The number of hydrogen-bond donors (Lipinski definition) is 0. The summed E-state index contributed by atoms with van der Waals surface area (Å²) in [7, 11) is -1.36. The second-order valence-electron chi connectivity index (χ2n) is 7.22. The average molecular weight is 410 g/mol. The number of aromatic nitrogens is 2. The number of rotatable bonds is 6. The fraction of sp³-hybridized carbons (Fsp3) is 0.318. The molecule has 29 heavy (non-hydrogen) atoms. The van der Waals surface area contributed by atoms with Crippen molar-refractivity contribution in [2.24, 2.45) is 0 Å². The molecule has 1 atom stereocenters. The number of fused-ring (bicyclic) bond motifs is 1. The van der Waals surface area contributed by atoms with E-state index in [1.165, 1.54) is 0 Å². The van der Waals surface area contributed by atoms with E-state index >= 15 is 0 Å². The van der Waals surface area contributed by atoms with Crippen molar-refractivity contribution in [1.82, 2.24) is 14.5 Å². The lowest BCUT2D eigenvalue weighted by atomic mass is 10.2. The Morgan fingerprint density at radius 1 is 1.24 bits per heavy atom. The lowest BCUT2D eigenvalue weighted by Gasteiger charge is -2.26. The van der Waals surface area contributed by atoms with Crippen molar-refractivity contribution in [2.45, 2.75) is 19.0 Å². The first-order valence-electron chi connectivity index (χ1n) is 9.49. The third-order valence-corrected chi connectivity index (χ3v) is 7.07. The van der Waals surface area contributed by atoms with Crippen LogP contribution >= 0.6 is 0 Å². The van der Waals surface area contributed by atoms with Crippen molar-refractivity contribution in [3.05, 3.63) is 54.4 Å². The van der Waals surface area contributed by atoms with Crippen molar-refractivity contribution >= 4 is 20.9 Å². The summed E-state index contributed by atoms with van der Waals surface area (Å²) < 4.78 is 31.3. The van der Waals surface area contributed by atoms with Gasteiger partial charge in [0.05, 0.1) is 42.7 Å². The Morgan fingerprint density at radius 2 is 2.00 bits per heavy atom. The number of sulfone groups is 1. The van der Waals surface area contributed by atoms with Gasteiger partial charge in [-0.25, -0.2) is 13.4 Å². The Kier molecular flexibility index (Phi) is 5.31. The molecule has 1 fully saturated rings. The number of hydrogen-bond acceptors (Lipinski definition) is 5. The number of nitrogens with zero attached hydrogens (tertiary/aromatic N) is 3. The highest BCUT2D eigenvalue weighted by atomic mass is 32.2. The van der Waals surface area contributed by atoms with E-state index in [1.54, 1.807) is 7.11 Å². The van der Waals surface area contributed by atoms with Crippen LogP contribution < -0.4 is 4.74 Å². The van der Waals surface area contributed by atoms with Gasteiger partial charge in [-0.3, -0.25) is 9.47 Å². The highest BCUT2D eigenvalue weighted by Crippen LogP contribution is 2.26. The van der Waals surface area contributed by atoms with Gasteiger partial charge in [0, 0.05) is 11.7 Å². The Morgan fingerprint density at radius 3 is 2.66 bits per heavy atom. The second-order valence-corrected chi connectivity index (χ2v) is 9.44. The van der Waals surface area contributed by atoms with Crippen LogP contribution in [0.3, 0.4) is 0 Å². The highest BCUT2D eigenvalue weighted by molar-refractivity contribution is 7.91. The minimum absolute atomic E-state index is 0.0832. The SMILES string of the molecule is C#CCN(Cc1nc2ccccc2n1-c1ccc(OC)cc1)C1CCS(=O)(=O)C1. The van der Waals surface area contributed by atoms with Crippen LogP contribution in [0.1, 0.15) is 12.2 Å². The van der Waals surface area contributed by atoms with E-state index in [9.17, 15) is 8.42 Å². The third-order valence-electron chi connectivity index (χ3n) is 5.32. The molecule has 150 valence electrons. The topological polar surface area (TPSA) is 64.4 Å². The molecule has 0 saturated carbocycles. The van der Waals surface area contributed by atoms with E-state index in [2.05, 4.69) is 10.5 Å². The first-order valence-corrected chi connectivity index (χ1v) is 11.3. The van der Waals surface area contributed by atoms with Gasteiger partial charge in [-0.15, -0.1) is 6.42 Å². The van der Waals surface area contributed by atoms with Gasteiger partial charge in [-0.2, -0.15) is 0 Å². The third kappa shape index (κ3) is 4.00. The molecule has 1 aliphatic heterocycles. The van der Waals surface area contributed by atoms with Crippen molar-refractivity contribution < 1.29 is 13.2 Å². The minimum atomic E-state index is -3.00. The second kappa shape index (κ2) is 7.90. The Hall–Kier alpha value is -2.82. The Bertz CT molecular complexity index is 1160. The van der Waals surface area contributed by atoms with Crippen molar-refractivity contribution in [1.29, 1.82) is 0 Å². The van der Waals surface area contributed by atoms with E-state index in [-0.39, 0.29) is 17.5 Å². The van der Waals surface area contributed by atoms with E-state index < -0.39 is 9.84 Å². The number of terminal acetylenes is 1. The predicted molar refractivity (Wildman–Crippen MR) is 114 cm³/mol. The first kappa shape index (κ1) is 19.5. The summed E-state index contributed by atoms with van der Waals surface area (Å²) in [6.45, 7) is 0.858. The van der Waals surface area contributed by atoms with Crippen LogP contribution in [0, 0.1) is 12.3 Å². The Balaban J connectivity index is 1.75. The molecular formula is C22H23N3O3S. The molecule has 1 saturated heterocycles. The van der Waals surface area contributed by atoms with Crippen molar-refractivity contribution in [3.8, 4) is 23.8 Å². The number of ether oxygens (including phenoxy) is 1. The smallest absolute Gasteiger partial charge is 0.151 e. The average Bonchev–Trinajstić information content (AvgIpc) is 3.27. The standard InChI is InChI=1S/C22H23N3O3S/c1-3-13-24(18-12-14-29(26,27)16-18)15-22-23-20-6-4-5-7-21(20)25(22)17-8-10-19(28-2)11-9-17/h1,4-11,18H,12-16H2,2H3. The molecule has 1 aromatic heterocycles. The van der Waals surface area contributed by atoms with Crippen LogP contribution in [0.5, 0.6) is 5.75 Å². The zero-order valence-corrected chi connectivity index (χ0v) is 17.1. The first-order chi connectivity index (χ1) is 14.0. The molecule has 0 aliphatic carbocycles. The summed E-state index contributed by atoms with van der Waals surface area (Å²) in [5.74, 6) is 4.66. The van der Waals surface area contributed by atoms with Crippen LogP contribution in [0.2, 0.25) is 0 Å². The maximum absolute atomic E-state index is 12.0. The summed E-state index contributed by atoms with van der Waals surface area (Å²) in [5.41, 5.74) is 2.85. The molecule has 2 aromatic carbocycles. The van der Waals surface area contributed by atoms with Gasteiger partial charge in [-0.05, 0) is 42.8 Å². The molecule has 0 N–H and O–H groups in total. The summed E-state index contributed by atoms with van der Waals surface area (Å²) in [6, 6.07) is 15.7. The molecule has 2 heterocycles. The summed E-state index contributed by atoms with van der Waals surface area (Å²) in [6.07, 6.45) is 6.20. The number of benzene rings is 2. The highest BCUT2D eigenvalue weighted by Gasteiger charge is 2.32. The monoisotopic (exact) mass is 409 g/mol. The number of imidazole rings is 1. The quantitative estimate of drug-likeness (QED) is 0.586. The van der Waals surface area contributed by atoms with Crippen LogP contribution in [0.4, 0.5) is 0 Å². The number of methoxy groups -OCH3 is 1. The van der Waals surface area contributed by atoms with E-state index in [4.69, 9.17) is 16.1 Å². The normalized spacial score (nSPS) is 18.2. The fourth-order valence-electron chi connectivity index (χ4n) is 3.88. The molecule has 4 rings (SSSR count). The molecule has 0 radical (unpaired) electrons. The van der Waals surface area contributed by atoms with E-state index in [0.29, 0.717) is 19.5 Å². The molecule has 7 heteroatoms. The lowest BCUT2D eigenvalue weighted by Crippen LogP contribution is -2.36.